The Hall–Kier alpha value is -2.41. The first-order valence-corrected chi connectivity index (χ1v) is 7.01. The maximum absolute atomic E-state index is 12.0. The number of hydrogen-bond acceptors (Lipinski definition) is 4. The van der Waals surface area contributed by atoms with Crippen molar-refractivity contribution < 1.29 is 19.8 Å². The van der Waals surface area contributed by atoms with Crippen LogP contribution in [0.25, 0.3) is 11.0 Å². The molecule has 7 heteroatoms. The van der Waals surface area contributed by atoms with Gasteiger partial charge in [-0.15, -0.1) is 0 Å². The summed E-state index contributed by atoms with van der Waals surface area (Å²) < 4.78 is 1.79. The number of hydrogen-bond donors (Lipinski definition) is 3. The van der Waals surface area contributed by atoms with Crippen LogP contribution in [0.2, 0.25) is 0 Å². The first-order chi connectivity index (χ1) is 10.3. The number of aryl methyl sites for hydroxylation is 1. The molecule has 1 aromatic heterocycles. The highest BCUT2D eigenvalue weighted by molar-refractivity contribution is 5.82. The summed E-state index contributed by atoms with van der Waals surface area (Å²) >= 11 is 0. The highest BCUT2D eigenvalue weighted by Gasteiger charge is 2.30. The van der Waals surface area contributed by atoms with Crippen LogP contribution in [0.3, 0.4) is 0 Å². The lowest BCUT2D eigenvalue weighted by Crippen LogP contribution is -2.47. The molecule has 0 fully saturated rings. The van der Waals surface area contributed by atoms with Gasteiger partial charge in [0.2, 0.25) is 5.91 Å². The molecule has 0 saturated carbocycles. The fraction of sp³-hybridized carbons (Fsp3) is 0.400. The summed E-state index contributed by atoms with van der Waals surface area (Å²) in [6.07, 6.45) is 0.675. The van der Waals surface area contributed by atoms with E-state index in [-0.39, 0.29) is 19.0 Å². The van der Waals surface area contributed by atoms with Crippen molar-refractivity contribution in [3.05, 3.63) is 30.1 Å². The normalized spacial score (nSPS) is 13.8. The molecule has 0 bridgehead atoms. The molecule has 2 aromatic rings. The zero-order chi connectivity index (χ0) is 16.3. The van der Waals surface area contributed by atoms with Crippen LogP contribution in [-0.4, -0.2) is 43.8 Å². The van der Waals surface area contributed by atoms with Crippen LogP contribution in [-0.2, 0) is 22.6 Å². The van der Waals surface area contributed by atoms with Gasteiger partial charge in [-0.2, -0.15) is 0 Å². The standard InChI is InChI=1S/C15H19N3O4/c1-3-12-17-10-6-4-5-7-11(10)18(12)8-13(19)16-9-15(2,22)14(20)21/h4-7,22H,3,8-9H2,1-2H3,(H,16,19)(H,20,21). The lowest BCUT2D eigenvalue weighted by atomic mass is 10.1. The molecule has 1 aromatic carbocycles. The Bertz CT molecular complexity index is 706. The number of aliphatic hydroxyl groups is 1. The summed E-state index contributed by atoms with van der Waals surface area (Å²) in [7, 11) is 0. The molecule has 1 amide bonds. The van der Waals surface area contributed by atoms with Gasteiger partial charge in [0.15, 0.2) is 5.60 Å². The summed E-state index contributed by atoms with van der Waals surface area (Å²) in [5, 5.41) is 20.9. The number of carboxylic acids is 1. The topological polar surface area (TPSA) is 104 Å². The fourth-order valence-electron chi connectivity index (χ4n) is 2.12. The van der Waals surface area contributed by atoms with E-state index in [0.717, 1.165) is 23.8 Å². The smallest absolute Gasteiger partial charge is 0.337 e. The minimum absolute atomic E-state index is 0.0272. The Morgan fingerprint density at radius 2 is 2.05 bits per heavy atom. The largest absolute Gasteiger partial charge is 0.479 e. The Kier molecular flexibility index (Phi) is 4.46. The van der Waals surface area contributed by atoms with E-state index in [0.29, 0.717) is 6.42 Å². The van der Waals surface area contributed by atoms with Gasteiger partial charge in [0.25, 0.3) is 0 Å². The molecule has 2 rings (SSSR count). The zero-order valence-corrected chi connectivity index (χ0v) is 12.5. The van der Waals surface area contributed by atoms with Gasteiger partial charge in [0, 0.05) is 6.42 Å². The average Bonchev–Trinajstić information content (AvgIpc) is 2.83. The SMILES string of the molecule is CCc1nc2ccccc2n1CC(=O)NCC(C)(O)C(=O)O. The number of para-hydroxylation sites is 2. The molecule has 0 aliphatic heterocycles. The van der Waals surface area contributed by atoms with E-state index in [1.54, 1.807) is 4.57 Å². The van der Waals surface area contributed by atoms with Crippen LogP contribution in [0, 0.1) is 0 Å². The number of nitrogens with one attached hydrogen (secondary N) is 1. The van der Waals surface area contributed by atoms with E-state index in [4.69, 9.17) is 5.11 Å². The van der Waals surface area contributed by atoms with Gasteiger partial charge in [-0.3, -0.25) is 4.79 Å². The van der Waals surface area contributed by atoms with Gasteiger partial charge in [0.05, 0.1) is 17.6 Å². The van der Waals surface area contributed by atoms with Gasteiger partial charge in [-0.25, -0.2) is 9.78 Å². The number of carboxylic acid groups (broad SMARTS) is 1. The highest BCUT2D eigenvalue weighted by Crippen LogP contribution is 2.16. The first kappa shape index (κ1) is 16.0. The average molecular weight is 305 g/mol. The third-order valence-corrected chi connectivity index (χ3v) is 3.44. The van der Waals surface area contributed by atoms with E-state index >= 15 is 0 Å². The van der Waals surface area contributed by atoms with Crippen molar-refractivity contribution >= 4 is 22.9 Å². The Labute approximate surface area is 127 Å². The van der Waals surface area contributed by atoms with Crippen LogP contribution in [0.1, 0.15) is 19.7 Å². The molecule has 1 unspecified atom stereocenters. The Morgan fingerprint density at radius 1 is 1.36 bits per heavy atom. The van der Waals surface area contributed by atoms with Crippen molar-refractivity contribution in [1.82, 2.24) is 14.9 Å². The molecule has 118 valence electrons. The molecule has 0 spiro atoms. The summed E-state index contributed by atoms with van der Waals surface area (Å²) in [5.74, 6) is -0.976. The van der Waals surface area contributed by atoms with Crippen LogP contribution < -0.4 is 5.32 Å². The van der Waals surface area contributed by atoms with E-state index in [9.17, 15) is 14.7 Å². The number of carbonyl (C=O) groups excluding carboxylic acids is 1. The monoisotopic (exact) mass is 305 g/mol. The fourth-order valence-corrected chi connectivity index (χ4v) is 2.12. The van der Waals surface area contributed by atoms with Crippen LogP contribution >= 0.6 is 0 Å². The van der Waals surface area contributed by atoms with Gasteiger partial charge in [-0.1, -0.05) is 19.1 Å². The summed E-state index contributed by atoms with van der Waals surface area (Å²) in [4.78, 5) is 27.3. The van der Waals surface area contributed by atoms with Crippen molar-refractivity contribution in [2.24, 2.45) is 0 Å². The maximum atomic E-state index is 12.0. The molecule has 0 saturated heterocycles. The van der Waals surface area contributed by atoms with Crippen molar-refractivity contribution in [1.29, 1.82) is 0 Å². The molecule has 22 heavy (non-hydrogen) atoms. The zero-order valence-electron chi connectivity index (χ0n) is 12.5. The molecule has 7 nitrogen and oxygen atoms in total. The van der Waals surface area contributed by atoms with E-state index in [2.05, 4.69) is 10.3 Å². The molecule has 0 aliphatic carbocycles. The second-order valence-electron chi connectivity index (χ2n) is 5.31. The number of nitrogens with zero attached hydrogens (tertiary/aromatic N) is 2. The molecule has 1 heterocycles. The molecule has 0 aliphatic rings. The highest BCUT2D eigenvalue weighted by atomic mass is 16.4. The maximum Gasteiger partial charge on any atom is 0.337 e. The molecule has 1 atom stereocenters. The Balaban J connectivity index is 2.13. The number of benzene rings is 1. The predicted octanol–water partition coefficient (Wildman–Crippen LogP) is 0.550. The number of fused-ring (bicyclic) bond motifs is 1. The van der Waals surface area contributed by atoms with Crippen molar-refractivity contribution in [2.45, 2.75) is 32.4 Å². The number of aliphatic carboxylic acids is 1. The van der Waals surface area contributed by atoms with E-state index in [1.807, 2.05) is 31.2 Å². The van der Waals surface area contributed by atoms with E-state index in [1.165, 1.54) is 0 Å². The third kappa shape index (κ3) is 3.25. The second-order valence-corrected chi connectivity index (χ2v) is 5.31. The second kappa shape index (κ2) is 6.15. The summed E-state index contributed by atoms with van der Waals surface area (Å²) in [5.41, 5.74) is -0.329. The number of rotatable bonds is 6. The van der Waals surface area contributed by atoms with Crippen molar-refractivity contribution in [3.63, 3.8) is 0 Å². The van der Waals surface area contributed by atoms with Crippen LogP contribution in [0.5, 0.6) is 0 Å². The van der Waals surface area contributed by atoms with Gasteiger partial charge >= 0.3 is 5.97 Å². The number of carbonyl (C=O) groups is 2. The van der Waals surface area contributed by atoms with E-state index < -0.39 is 11.6 Å². The third-order valence-electron chi connectivity index (χ3n) is 3.44. The molecular formula is C15H19N3O4. The lowest BCUT2D eigenvalue weighted by molar-refractivity contribution is -0.156. The lowest BCUT2D eigenvalue weighted by Gasteiger charge is -2.18. The number of imidazole rings is 1. The van der Waals surface area contributed by atoms with Gasteiger partial charge in [-0.05, 0) is 19.1 Å². The van der Waals surface area contributed by atoms with Crippen LogP contribution in [0.15, 0.2) is 24.3 Å². The Morgan fingerprint density at radius 3 is 2.68 bits per heavy atom. The predicted molar refractivity (Wildman–Crippen MR) is 80.4 cm³/mol. The molecule has 3 N–H and O–H groups in total. The minimum atomic E-state index is -1.99. The van der Waals surface area contributed by atoms with Gasteiger partial charge < -0.3 is 20.1 Å². The van der Waals surface area contributed by atoms with Crippen LogP contribution in [0.4, 0.5) is 0 Å². The number of aromatic nitrogens is 2. The van der Waals surface area contributed by atoms with Gasteiger partial charge in [0.1, 0.15) is 12.4 Å². The van der Waals surface area contributed by atoms with Crippen molar-refractivity contribution in [2.75, 3.05) is 6.54 Å². The number of amides is 1. The summed E-state index contributed by atoms with van der Waals surface area (Å²) in [6, 6.07) is 7.50. The summed E-state index contributed by atoms with van der Waals surface area (Å²) in [6.45, 7) is 2.76. The molecule has 0 radical (unpaired) electrons. The first-order valence-electron chi connectivity index (χ1n) is 7.01. The minimum Gasteiger partial charge on any atom is -0.479 e. The van der Waals surface area contributed by atoms with Crippen molar-refractivity contribution in [3.8, 4) is 0 Å². The molecular weight excluding hydrogens is 286 g/mol. The quantitative estimate of drug-likeness (QED) is 0.723.